The van der Waals surface area contributed by atoms with Crippen molar-refractivity contribution in [2.45, 2.75) is 10.9 Å². The van der Waals surface area contributed by atoms with Gasteiger partial charge >= 0.3 is 0 Å². The predicted octanol–water partition coefficient (Wildman–Crippen LogP) is 4.02. The monoisotopic (exact) mass is 420 g/mol. The van der Waals surface area contributed by atoms with E-state index in [1.165, 1.54) is 11.8 Å². The second kappa shape index (κ2) is 6.54. The van der Waals surface area contributed by atoms with Gasteiger partial charge in [0.1, 0.15) is 5.65 Å². The van der Waals surface area contributed by atoms with E-state index < -0.39 is 0 Å². The summed E-state index contributed by atoms with van der Waals surface area (Å²) in [7, 11) is 0. The summed E-state index contributed by atoms with van der Waals surface area (Å²) in [5, 5.41) is 13.3. The molecule has 0 N–H and O–H groups in total. The molecule has 24 heavy (non-hydrogen) atoms. The minimum atomic E-state index is 0.674. The number of tetrazole rings is 1. The minimum absolute atomic E-state index is 0.674. The first-order valence-corrected chi connectivity index (χ1v) is 9.15. The molecule has 6 nitrogen and oxygen atoms in total. The summed E-state index contributed by atoms with van der Waals surface area (Å²) in [6, 6.07) is 11.3. The molecule has 0 saturated carbocycles. The molecule has 1 aromatic carbocycles. The zero-order valence-electron chi connectivity index (χ0n) is 12.2. The van der Waals surface area contributed by atoms with Gasteiger partial charge in [-0.1, -0.05) is 23.4 Å². The van der Waals surface area contributed by atoms with Crippen LogP contribution >= 0.6 is 39.3 Å². The van der Waals surface area contributed by atoms with Crippen molar-refractivity contribution in [1.82, 2.24) is 29.6 Å². The quantitative estimate of drug-likeness (QED) is 0.466. The Morgan fingerprint density at radius 2 is 1.92 bits per heavy atom. The van der Waals surface area contributed by atoms with E-state index in [9.17, 15) is 0 Å². The molecule has 120 valence electrons. The van der Waals surface area contributed by atoms with Crippen LogP contribution in [0.25, 0.3) is 11.3 Å². The van der Waals surface area contributed by atoms with E-state index in [-0.39, 0.29) is 0 Å². The molecule has 9 heteroatoms. The van der Waals surface area contributed by atoms with E-state index in [4.69, 9.17) is 11.6 Å². The molecule has 0 radical (unpaired) electrons. The fourth-order valence-electron chi connectivity index (χ4n) is 2.24. The minimum Gasteiger partial charge on any atom is -0.306 e. The van der Waals surface area contributed by atoms with Crippen LogP contribution in [0.4, 0.5) is 0 Å². The summed E-state index contributed by atoms with van der Waals surface area (Å²) < 4.78 is 4.69. The molecule has 0 aliphatic carbocycles. The summed E-state index contributed by atoms with van der Waals surface area (Å²) in [6.45, 7) is 0. The van der Waals surface area contributed by atoms with Crippen molar-refractivity contribution in [1.29, 1.82) is 0 Å². The van der Waals surface area contributed by atoms with Crippen molar-refractivity contribution in [3.63, 3.8) is 0 Å². The number of fused-ring (bicyclic) bond motifs is 1. The van der Waals surface area contributed by atoms with E-state index in [1.54, 1.807) is 4.68 Å². The average molecular weight is 422 g/mol. The molecular formula is C15H10BrClN6S. The summed E-state index contributed by atoms with van der Waals surface area (Å²) in [5.41, 5.74) is 2.74. The van der Waals surface area contributed by atoms with Crippen molar-refractivity contribution in [3.8, 4) is 5.69 Å². The molecule has 0 unspecified atom stereocenters. The van der Waals surface area contributed by atoms with E-state index in [1.807, 2.05) is 53.2 Å². The van der Waals surface area contributed by atoms with Gasteiger partial charge in [0.15, 0.2) is 0 Å². The van der Waals surface area contributed by atoms with E-state index in [0.717, 1.165) is 21.5 Å². The number of thioether (sulfide) groups is 1. The van der Waals surface area contributed by atoms with Gasteiger partial charge in [-0.15, -0.1) is 5.10 Å². The lowest BCUT2D eigenvalue weighted by atomic mass is 10.3. The summed E-state index contributed by atoms with van der Waals surface area (Å²) >= 11 is 10.9. The third-order valence-electron chi connectivity index (χ3n) is 3.33. The molecule has 4 aromatic rings. The molecule has 0 fully saturated rings. The van der Waals surface area contributed by atoms with Gasteiger partial charge < -0.3 is 4.40 Å². The van der Waals surface area contributed by atoms with Crippen LogP contribution in [0.5, 0.6) is 0 Å². The highest BCUT2D eigenvalue weighted by molar-refractivity contribution is 9.10. The molecular weight excluding hydrogens is 412 g/mol. The fourth-order valence-corrected chi connectivity index (χ4v) is 3.49. The van der Waals surface area contributed by atoms with Crippen LogP contribution in [0.3, 0.4) is 0 Å². The van der Waals surface area contributed by atoms with E-state index >= 15 is 0 Å². The summed E-state index contributed by atoms with van der Waals surface area (Å²) in [5.74, 6) is 0.674. The van der Waals surface area contributed by atoms with Crippen molar-refractivity contribution < 1.29 is 0 Å². The third-order valence-corrected chi connectivity index (χ3v) is 5.00. The van der Waals surface area contributed by atoms with Crippen LogP contribution in [-0.2, 0) is 5.75 Å². The number of halogens is 2. The maximum Gasteiger partial charge on any atom is 0.214 e. The molecule has 3 aromatic heterocycles. The first-order valence-electron chi connectivity index (χ1n) is 6.99. The number of hydrogen-bond acceptors (Lipinski definition) is 5. The molecule has 0 bridgehead atoms. The van der Waals surface area contributed by atoms with Gasteiger partial charge in [-0.3, -0.25) is 0 Å². The van der Waals surface area contributed by atoms with Crippen LogP contribution in [0.15, 0.2) is 58.4 Å². The Morgan fingerprint density at radius 1 is 1.08 bits per heavy atom. The summed E-state index contributed by atoms with van der Waals surface area (Å²) in [4.78, 5) is 4.59. The summed E-state index contributed by atoms with van der Waals surface area (Å²) in [6.07, 6.45) is 3.98. The molecule has 4 rings (SSSR count). The van der Waals surface area contributed by atoms with E-state index in [2.05, 4.69) is 36.4 Å². The lowest BCUT2D eigenvalue weighted by Crippen LogP contribution is -1.98. The highest BCUT2D eigenvalue weighted by Crippen LogP contribution is 2.23. The number of rotatable bonds is 4. The molecule has 0 aliphatic heterocycles. The topological polar surface area (TPSA) is 60.9 Å². The van der Waals surface area contributed by atoms with Crippen LogP contribution in [-0.4, -0.2) is 29.6 Å². The van der Waals surface area contributed by atoms with Crippen molar-refractivity contribution in [3.05, 3.63) is 64.0 Å². The fraction of sp³-hybridized carbons (Fsp3) is 0.0667. The Hall–Kier alpha value is -1.90. The van der Waals surface area contributed by atoms with Gasteiger partial charge in [-0.2, -0.15) is 4.68 Å². The first kappa shape index (κ1) is 15.6. The standard InChI is InChI=1S/C15H10BrClN6S/c16-10-1-6-14-18-12(8-22(14)7-10)9-24-15-19-20-21-23(15)13-4-2-11(17)3-5-13/h1-8H,9H2. The van der Waals surface area contributed by atoms with Gasteiger partial charge in [0, 0.05) is 27.6 Å². The average Bonchev–Trinajstić information content (AvgIpc) is 3.19. The molecule has 0 saturated heterocycles. The van der Waals surface area contributed by atoms with Gasteiger partial charge in [-0.05, 0) is 62.8 Å². The molecule has 3 heterocycles. The van der Waals surface area contributed by atoms with Crippen LogP contribution in [0, 0.1) is 0 Å². The number of benzene rings is 1. The van der Waals surface area contributed by atoms with Gasteiger partial charge in [0.25, 0.3) is 0 Å². The number of aromatic nitrogens is 6. The maximum absolute atomic E-state index is 5.92. The lowest BCUT2D eigenvalue weighted by molar-refractivity contribution is 0.756. The number of nitrogens with zero attached hydrogens (tertiary/aromatic N) is 6. The normalized spacial score (nSPS) is 11.2. The number of imidazole rings is 1. The lowest BCUT2D eigenvalue weighted by Gasteiger charge is -2.03. The molecule has 0 aliphatic rings. The van der Waals surface area contributed by atoms with Gasteiger partial charge in [0.05, 0.1) is 11.4 Å². The Morgan fingerprint density at radius 3 is 2.75 bits per heavy atom. The number of pyridine rings is 1. The molecule has 0 spiro atoms. The van der Waals surface area contributed by atoms with Crippen LogP contribution in [0.2, 0.25) is 5.02 Å². The first-order chi connectivity index (χ1) is 11.7. The van der Waals surface area contributed by atoms with Gasteiger partial charge in [-0.25, -0.2) is 4.98 Å². The van der Waals surface area contributed by atoms with Crippen molar-refractivity contribution >= 4 is 44.9 Å². The number of hydrogen-bond donors (Lipinski definition) is 0. The Balaban J connectivity index is 1.55. The smallest absolute Gasteiger partial charge is 0.214 e. The largest absolute Gasteiger partial charge is 0.306 e. The predicted molar refractivity (Wildman–Crippen MR) is 96.6 cm³/mol. The van der Waals surface area contributed by atoms with Crippen molar-refractivity contribution in [2.75, 3.05) is 0 Å². The maximum atomic E-state index is 5.92. The Kier molecular flexibility index (Phi) is 4.26. The Labute approximate surface area is 155 Å². The van der Waals surface area contributed by atoms with Crippen LogP contribution < -0.4 is 0 Å². The zero-order chi connectivity index (χ0) is 16.5. The molecule has 0 atom stereocenters. The van der Waals surface area contributed by atoms with Crippen LogP contribution in [0.1, 0.15) is 5.69 Å². The van der Waals surface area contributed by atoms with E-state index in [0.29, 0.717) is 15.9 Å². The highest BCUT2D eigenvalue weighted by atomic mass is 79.9. The SMILES string of the molecule is Clc1ccc(-n2nnnc2SCc2cn3cc(Br)ccc3n2)cc1. The molecule has 0 amide bonds. The second-order valence-electron chi connectivity index (χ2n) is 4.98. The van der Waals surface area contributed by atoms with Gasteiger partial charge in [0.2, 0.25) is 5.16 Å². The van der Waals surface area contributed by atoms with Crippen molar-refractivity contribution in [2.24, 2.45) is 0 Å². The third kappa shape index (κ3) is 3.17. The highest BCUT2D eigenvalue weighted by Gasteiger charge is 2.11. The second-order valence-corrected chi connectivity index (χ2v) is 7.28. The zero-order valence-corrected chi connectivity index (χ0v) is 15.3. The Bertz CT molecular complexity index is 997.